The zero-order chi connectivity index (χ0) is 52.6. The molecule has 0 aromatic heterocycles. The number of ether oxygens (including phenoxy) is 6. The number of amides is 5. The summed E-state index contributed by atoms with van der Waals surface area (Å²) >= 11 is 0. The van der Waals surface area contributed by atoms with Crippen molar-refractivity contribution in [2.24, 2.45) is 17.1 Å². The number of aliphatic hydroxyl groups excluding tert-OH is 1. The Morgan fingerprint density at radius 1 is 0.838 bits per heavy atom. The van der Waals surface area contributed by atoms with Crippen LogP contribution in [0.5, 0.6) is 28.7 Å². The predicted octanol–water partition coefficient (Wildman–Crippen LogP) is 6.53. The van der Waals surface area contributed by atoms with Crippen molar-refractivity contribution >= 4 is 52.4 Å². The minimum absolute atomic E-state index is 0.0837. The molecule has 4 heterocycles. The van der Waals surface area contributed by atoms with Gasteiger partial charge < -0.3 is 65.0 Å². The van der Waals surface area contributed by atoms with Crippen LogP contribution in [0.25, 0.3) is 5.57 Å². The number of benzene rings is 4. The van der Waals surface area contributed by atoms with Gasteiger partial charge in [-0.1, -0.05) is 38.1 Å². The molecule has 19 heteroatoms. The number of methoxy groups -OCH3 is 3. The van der Waals surface area contributed by atoms with Crippen molar-refractivity contribution in [3.8, 4) is 28.7 Å². The Morgan fingerprint density at radius 2 is 1.50 bits per heavy atom. The van der Waals surface area contributed by atoms with Gasteiger partial charge >= 0.3 is 6.09 Å². The quantitative estimate of drug-likeness (QED) is 0.0709. The number of anilines is 3. The maximum absolute atomic E-state index is 14.5. The Bertz CT molecular complexity index is 2850. The van der Waals surface area contributed by atoms with Gasteiger partial charge in [-0.15, -0.1) is 0 Å². The molecule has 5 atom stereocenters. The standard InChI is InChI=1S/C55H65N7O12/c1-31(2)47(56)49(64)58-32(3)48(63)59-36-13-9-33(10-14-36)28-74-53(68)62-42-25-46(44(71-7)23-40(42)51(66)61-30-55(17-18-55)29-54(61,4)52(62)67)73-20-8-19-72-45-24-41-39(22-43(45)70-6)50(65)60-27-35(21-37(60)26-57-41)34-11-15-38(69-5)16-12-34/h9-16,22-25,27,31-32,37,47,52,57,67H,8,17-21,26,28-30,56H2,1-7H3,(H,58,64)(H,59,63)/t32-,37?,47-,52-,54-/m0/s1. The zero-order valence-electron chi connectivity index (χ0n) is 42.8. The molecule has 2 fully saturated rings. The van der Waals surface area contributed by atoms with E-state index < -0.39 is 41.8 Å². The highest BCUT2D eigenvalue weighted by atomic mass is 16.6. The number of nitrogens with two attached hydrogens (primary N) is 1. The van der Waals surface area contributed by atoms with Crippen molar-refractivity contribution in [3.05, 3.63) is 101 Å². The fraction of sp³-hybridized carbons (Fsp3) is 0.436. The van der Waals surface area contributed by atoms with Crippen LogP contribution < -0.4 is 50.3 Å². The van der Waals surface area contributed by atoms with E-state index in [0.29, 0.717) is 66.4 Å². The minimum Gasteiger partial charge on any atom is -0.497 e. The van der Waals surface area contributed by atoms with Crippen LogP contribution in [0.1, 0.15) is 91.6 Å². The van der Waals surface area contributed by atoms with Crippen LogP contribution in [0.15, 0.2) is 79.0 Å². The van der Waals surface area contributed by atoms with E-state index in [2.05, 4.69) is 16.0 Å². The van der Waals surface area contributed by atoms with Crippen molar-refractivity contribution < 1.29 is 57.5 Å². The first-order valence-corrected chi connectivity index (χ1v) is 25.0. The molecule has 0 bridgehead atoms. The average Bonchev–Trinajstić information content (AvgIpc) is 3.95. The molecule has 74 heavy (non-hydrogen) atoms. The fourth-order valence-corrected chi connectivity index (χ4v) is 10.3. The Labute approximate surface area is 430 Å². The van der Waals surface area contributed by atoms with Crippen LogP contribution in [0.4, 0.5) is 21.9 Å². The average molecular weight is 1020 g/mol. The summed E-state index contributed by atoms with van der Waals surface area (Å²) in [5, 5.41) is 21.2. The normalized spacial score (nSPS) is 20.9. The SMILES string of the molecule is COc1ccc(C2=CN3C(=O)c4cc(OC)c(OCCCOc5cc6c(cc5OC)C(=O)N5CC7(CC7)C[C@@]5(C)[C@H](O)N6C(=O)OCc5ccc(NC(=O)[C@H](C)NC(=O)[C@@H](N)C(C)C)cc5)cc4NCC3C2)cc1. The van der Waals surface area contributed by atoms with E-state index in [9.17, 15) is 29.1 Å². The van der Waals surface area contributed by atoms with E-state index in [-0.39, 0.29) is 71.8 Å². The molecule has 4 aromatic rings. The highest BCUT2D eigenvalue weighted by Gasteiger charge is 2.64. The molecule has 1 aliphatic carbocycles. The lowest BCUT2D eigenvalue weighted by Gasteiger charge is -2.40. The number of carbonyl (C=O) groups excluding carboxylic acids is 5. The molecule has 6 N–H and O–H groups in total. The molecule has 19 nitrogen and oxygen atoms in total. The number of aliphatic hydroxyl groups is 1. The molecule has 5 amide bonds. The van der Waals surface area contributed by atoms with Gasteiger partial charge in [-0.2, -0.15) is 0 Å². The first-order valence-electron chi connectivity index (χ1n) is 25.0. The van der Waals surface area contributed by atoms with Crippen LogP contribution in [-0.2, 0) is 20.9 Å². The second-order valence-corrected chi connectivity index (χ2v) is 20.4. The molecule has 9 rings (SSSR count). The van der Waals surface area contributed by atoms with E-state index >= 15 is 0 Å². The molecule has 5 aliphatic rings. The largest absolute Gasteiger partial charge is 0.497 e. The third-order valence-corrected chi connectivity index (χ3v) is 14.9. The molecular weight excluding hydrogens is 951 g/mol. The smallest absolute Gasteiger partial charge is 0.416 e. The summed E-state index contributed by atoms with van der Waals surface area (Å²) in [6, 6.07) is 19.3. The maximum atomic E-state index is 14.5. The van der Waals surface area contributed by atoms with Gasteiger partial charge in [0.15, 0.2) is 29.2 Å². The van der Waals surface area contributed by atoms with Gasteiger partial charge in [-0.3, -0.25) is 19.2 Å². The molecule has 4 aliphatic heterocycles. The van der Waals surface area contributed by atoms with Gasteiger partial charge in [0.2, 0.25) is 11.8 Å². The third kappa shape index (κ3) is 10.1. The summed E-state index contributed by atoms with van der Waals surface area (Å²) in [6.45, 7) is 8.09. The number of fused-ring (bicyclic) bond motifs is 4. The summed E-state index contributed by atoms with van der Waals surface area (Å²) in [7, 11) is 4.61. The van der Waals surface area contributed by atoms with Gasteiger partial charge in [0, 0.05) is 43.5 Å². The molecular formula is C55H65N7O12. The number of nitrogens with zero attached hydrogens (tertiary/aromatic N) is 3. The first-order chi connectivity index (χ1) is 35.5. The van der Waals surface area contributed by atoms with Gasteiger partial charge in [-0.05, 0) is 104 Å². The van der Waals surface area contributed by atoms with Crippen molar-refractivity contribution in [1.82, 2.24) is 15.1 Å². The van der Waals surface area contributed by atoms with E-state index in [4.69, 9.17) is 34.2 Å². The predicted molar refractivity (Wildman–Crippen MR) is 276 cm³/mol. The Hall–Kier alpha value is -7.51. The van der Waals surface area contributed by atoms with E-state index in [1.54, 1.807) is 67.2 Å². The van der Waals surface area contributed by atoms with Gasteiger partial charge in [0.05, 0.1) is 74.7 Å². The van der Waals surface area contributed by atoms with Crippen molar-refractivity contribution in [2.75, 3.05) is 63.2 Å². The molecule has 392 valence electrons. The number of rotatable bonds is 17. The molecule has 1 saturated heterocycles. The second-order valence-electron chi connectivity index (χ2n) is 20.4. The van der Waals surface area contributed by atoms with E-state index in [1.807, 2.05) is 44.3 Å². The summed E-state index contributed by atoms with van der Waals surface area (Å²) < 4.78 is 35.1. The van der Waals surface area contributed by atoms with Crippen LogP contribution in [0, 0.1) is 11.3 Å². The van der Waals surface area contributed by atoms with Crippen LogP contribution in [0.3, 0.4) is 0 Å². The van der Waals surface area contributed by atoms with E-state index in [1.165, 1.54) is 26.4 Å². The van der Waals surface area contributed by atoms with Crippen LogP contribution in [0.2, 0.25) is 0 Å². The monoisotopic (exact) mass is 1020 g/mol. The Kier molecular flexibility index (Phi) is 14.4. The number of hydrogen-bond donors (Lipinski definition) is 5. The summed E-state index contributed by atoms with van der Waals surface area (Å²) in [5.41, 5.74) is 9.12. The van der Waals surface area contributed by atoms with E-state index in [0.717, 1.165) is 34.6 Å². The van der Waals surface area contributed by atoms with Crippen LogP contribution in [-0.4, -0.2) is 122 Å². The van der Waals surface area contributed by atoms with Crippen LogP contribution >= 0.6 is 0 Å². The molecule has 1 spiro atoms. The zero-order valence-corrected chi connectivity index (χ0v) is 42.8. The Morgan fingerprint density at radius 3 is 2.14 bits per heavy atom. The lowest BCUT2D eigenvalue weighted by molar-refractivity contribution is -0.127. The first kappa shape index (κ1) is 51.4. The second kappa shape index (κ2) is 20.8. The molecule has 1 unspecified atom stereocenters. The lowest BCUT2D eigenvalue weighted by atomic mass is 9.90. The topological polar surface area (TPSA) is 233 Å². The third-order valence-electron chi connectivity index (χ3n) is 14.9. The number of nitrogens with one attached hydrogen (secondary N) is 3. The van der Waals surface area contributed by atoms with Crippen molar-refractivity contribution in [2.45, 2.75) is 96.3 Å². The fourth-order valence-electron chi connectivity index (χ4n) is 10.3. The van der Waals surface area contributed by atoms with Crippen molar-refractivity contribution in [1.29, 1.82) is 0 Å². The number of carbonyl (C=O) groups is 5. The minimum atomic E-state index is -1.49. The lowest BCUT2D eigenvalue weighted by Crippen LogP contribution is -2.59. The maximum Gasteiger partial charge on any atom is 0.416 e. The molecule has 0 radical (unpaired) electrons. The summed E-state index contributed by atoms with van der Waals surface area (Å²) in [5.74, 6) is 0.609. The highest BCUT2D eigenvalue weighted by Crippen LogP contribution is 2.60. The summed E-state index contributed by atoms with van der Waals surface area (Å²) in [6.07, 6.45) is 2.92. The highest BCUT2D eigenvalue weighted by molar-refractivity contribution is 6.07. The Balaban J connectivity index is 0.868. The molecule has 1 saturated carbocycles. The summed E-state index contributed by atoms with van der Waals surface area (Å²) in [4.78, 5) is 72.7. The van der Waals surface area contributed by atoms with Crippen molar-refractivity contribution in [3.63, 3.8) is 0 Å². The van der Waals surface area contributed by atoms with Gasteiger partial charge in [0.1, 0.15) is 18.4 Å². The molecule has 4 aromatic carbocycles. The van der Waals surface area contributed by atoms with Gasteiger partial charge in [0.25, 0.3) is 11.8 Å². The number of hydrogen-bond acceptors (Lipinski definition) is 14. The van der Waals surface area contributed by atoms with Gasteiger partial charge in [-0.25, -0.2) is 9.69 Å².